The summed E-state index contributed by atoms with van der Waals surface area (Å²) in [6.07, 6.45) is 2.10. The number of anilines is 2. The van der Waals surface area contributed by atoms with Crippen LogP contribution in [0.5, 0.6) is 0 Å². The Bertz CT molecular complexity index is 1540. The normalized spacial score (nSPS) is 15.0. The van der Waals surface area contributed by atoms with E-state index in [1.807, 2.05) is 6.07 Å². The number of nitrogens with one attached hydrogen (secondary N) is 2. The number of para-hydroxylation sites is 2. The number of hydrogen-bond donors (Lipinski definition) is 2. The second-order valence-electron chi connectivity index (χ2n) is 9.73. The van der Waals surface area contributed by atoms with Crippen LogP contribution in [0.2, 0.25) is 0 Å². The highest BCUT2D eigenvalue weighted by atomic mass is 15.0. The molecule has 0 unspecified atom stereocenters. The highest BCUT2D eigenvalue weighted by molar-refractivity contribution is 5.84. The third-order valence-corrected chi connectivity index (χ3v) is 6.95. The van der Waals surface area contributed by atoms with E-state index in [1.54, 1.807) is 0 Å². The minimum absolute atomic E-state index is 0.309. The predicted octanol–water partition coefficient (Wildman–Crippen LogP) is 6.14. The zero-order valence-electron chi connectivity index (χ0n) is 20.8. The van der Waals surface area contributed by atoms with Crippen molar-refractivity contribution in [3.63, 3.8) is 0 Å². The van der Waals surface area contributed by atoms with E-state index in [0.29, 0.717) is 6.04 Å². The van der Waals surface area contributed by atoms with Gasteiger partial charge in [-0.25, -0.2) is 4.98 Å². The smallest absolute Gasteiger partial charge is 0.0900 e. The van der Waals surface area contributed by atoms with Crippen molar-refractivity contribution in [1.29, 1.82) is 0 Å². The number of nitrogens with zero attached hydrogens (tertiary/aromatic N) is 3. The first-order valence-electron chi connectivity index (χ1n) is 12.7. The highest BCUT2D eigenvalue weighted by Crippen LogP contribution is 2.30. The van der Waals surface area contributed by atoms with Gasteiger partial charge in [-0.15, -0.1) is 0 Å². The molecule has 0 spiro atoms. The number of hydrogen-bond acceptors (Lipinski definition) is 4. The summed E-state index contributed by atoms with van der Waals surface area (Å²) in [7, 11) is 0. The lowest BCUT2D eigenvalue weighted by atomic mass is 10.1. The summed E-state index contributed by atoms with van der Waals surface area (Å²) in [4.78, 5) is 10.3. The molecule has 1 aliphatic carbocycles. The van der Waals surface area contributed by atoms with Crippen LogP contribution in [0.3, 0.4) is 0 Å². The summed E-state index contributed by atoms with van der Waals surface area (Å²) >= 11 is 0. The van der Waals surface area contributed by atoms with Crippen LogP contribution < -0.4 is 16.0 Å². The minimum Gasteiger partial charge on any atom is -0.354 e. The Hall–Kier alpha value is -3.96. The molecule has 5 nitrogen and oxygen atoms in total. The van der Waals surface area contributed by atoms with Crippen LogP contribution in [0.4, 0.5) is 11.4 Å². The van der Waals surface area contributed by atoms with Gasteiger partial charge in [0.2, 0.25) is 0 Å². The van der Waals surface area contributed by atoms with Gasteiger partial charge in [-0.3, -0.25) is 4.99 Å². The monoisotopic (exact) mass is 473 g/mol. The van der Waals surface area contributed by atoms with Crippen molar-refractivity contribution in [2.45, 2.75) is 32.7 Å². The number of aryl methyl sites for hydroxylation is 2. The molecule has 2 aliphatic heterocycles. The van der Waals surface area contributed by atoms with Gasteiger partial charge in [0.05, 0.1) is 39.5 Å². The van der Waals surface area contributed by atoms with Crippen molar-refractivity contribution in [2.75, 3.05) is 18.4 Å². The van der Waals surface area contributed by atoms with Crippen LogP contribution in [-0.2, 0) is 0 Å². The van der Waals surface area contributed by atoms with Gasteiger partial charge in [0.15, 0.2) is 0 Å². The first kappa shape index (κ1) is 22.5. The third kappa shape index (κ3) is 4.50. The van der Waals surface area contributed by atoms with E-state index >= 15 is 0 Å². The molecule has 3 aromatic rings. The molecular weight excluding hydrogens is 442 g/mol. The lowest BCUT2D eigenvalue weighted by molar-refractivity contribution is 0.454. The standard InChI is InChI=1S/C31H31N5/c1-21-7-11-23(12-8-21)33-27-19-29-31(20-28(27)34-24-15-17-32-18-16-24)36(25-13-9-22(2)10-14-25)30-6-4-3-5-26(30)35-29/h3-14,19-20,24,32-33H,15-18H2,1-2H3. The molecule has 3 aromatic carbocycles. The molecule has 0 saturated carbocycles. The lowest BCUT2D eigenvalue weighted by Gasteiger charge is -2.22. The average molecular weight is 474 g/mol. The van der Waals surface area contributed by atoms with Gasteiger partial charge in [0.25, 0.3) is 0 Å². The fourth-order valence-corrected chi connectivity index (χ4v) is 4.95. The Morgan fingerprint density at radius 3 is 2.31 bits per heavy atom. The van der Waals surface area contributed by atoms with Crippen LogP contribution in [0.15, 0.2) is 89.9 Å². The fraction of sp³-hybridized carbons (Fsp3) is 0.226. The Morgan fingerprint density at radius 1 is 0.861 bits per heavy atom. The molecule has 1 saturated heterocycles. The maximum atomic E-state index is 5.27. The van der Waals surface area contributed by atoms with Gasteiger partial charge in [0.1, 0.15) is 0 Å². The minimum atomic E-state index is 0.309. The highest BCUT2D eigenvalue weighted by Gasteiger charge is 2.18. The average Bonchev–Trinajstić information content (AvgIpc) is 2.90. The van der Waals surface area contributed by atoms with Crippen LogP contribution in [0.1, 0.15) is 24.0 Å². The van der Waals surface area contributed by atoms with Crippen LogP contribution >= 0.6 is 0 Å². The topological polar surface area (TPSA) is 54.2 Å². The summed E-state index contributed by atoms with van der Waals surface area (Å²) in [5, 5.41) is 8.07. The van der Waals surface area contributed by atoms with Crippen molar-refractivity contribution >= 4 is 22.4 Å². The van der Waals surface area contributed by atoms with Gasteiger partial charge in [-0.1, -0.05) is 47.5 Å². The Kier molecular flexibility index (Phi) is 5.99. The molecule has 2 N–H and O–H groups in total. The maximum absolute atomic E-state index is 5.27. The summed E-state index contributed by atoms with van der Waals surface area (Å²) in [6, 6.07) is 30.2. The molecule has 3 aliphatic rings. The number of benzene rings is 4. The predicted molar refractivity (Wildman–Crippen MR) is 148 cm³/mol. The van der Waals surface area contributed by atoms with E-state index < -0.39 is 0 Å². The second kappa shape index (κ2) is 9.59. The molecule has 2 heterocycles. The van der Waals surface area contributed by atoms with Crippen molar-refractivity contribution in [2.24, 2.45) is 4.99 Å². The maximum Gasteiger partial charge on any atom is 0.0900 e. The summed E-state index contributed by atoms with van der Waals surface area (Å²) in [6.45, 7) is 6.25. The van der Waals surface area contributed by atoms with Crippen LogP contribution in [0.25, 0.3) is 28.1 Å². The molecule has 5 heteroatoms. The van der Waals surface area contributed by atoms with E-state index in [-0.39, 0.29) is 0 Å². The van der Waals surface area contributed by atoms with E-state index in [0.717, 1.165) is 70.8 Å². The summed E-state index contributed by atoms with van der Waals surface area (Å²) < 4.78 is 2.31. The van der Waals surface area contributed by atoms with E-state index in [9.17, 15) is 0 Å². The van der Waals surface area contributed by atoms with Crippen LogP contribution in [-0.4, -0.2) is 28.7 Å². The summed E-state index contributed by atoms with van der Waals surface area (Å²) in [5.74, 6) is 0. The van der Waals surface area contributed by atoms with Gasteiger partial charge in [0, 0.05) is 11.4 Å². The van der Waals surface area contributed by atoms with E-state index in [4.69, 9.17) is 9.98 Å². The number of piperidine rings is 1. The number of aromatic nitrogens is 2. The van der Waals surface area contributed by atoms with E-state index in [1.165, 1.54) is 11.1 Å². The molecule has 0 amide bonds. The lowest BCUT2D eigenvalue weighted by Crippen LogP contribution is -2.31. The Morgan fingerprint density at radius 2 is 1.56 bits per heavy atom. The van der Waals surface area contributed by atoms with Gasteiger partial charge < -0.3 is 15.2 Å². The molecule has 0 atom stereocenters. The second-order valence-corrected chi connectivity index (χ2v) is 9.73. The molecular formula is C31H31N5. The molecule has 0 bridgehead atoms. The first-order valence-corrected chi connectivity index (χ1v) is 12.7. The Balaban J connectivity index is 1.61. The zero-order valence-corrected chi connectivity index (χ0v) is 20.8. The van der Waals surface area contributed by atoms with Gasteiger partial charge in [-0.2, -0.15) is 0 Å². The molecule has 6 rings (SSSR count). The van der Waals surface area contributed by atoms with Crippen molar-refractivity contribution in [3.05, 3.63) is 101 Å². The quantitative estimate of drug-likeness (QED) is 0.308. The molecule has 1 fully saturated rings. The fourth-order valence-electron chi connectivity index (χ4n) is 4.95. The molecule has 0 radical (unpaired) electrons. The Labute approximate surface area is 211 Å². The van der Waals surface area contributed by atoms with Crippen molar-refractivity contribution < 1.29 is 0 Å². The molecule has 0 aromatic heterocycles. The van der Waals surface area contributed by atoms with Gasteiger partial charge in [-0.05, 0) is 88.3 Å². The first-order chi connectivity index (χ1) is 17.6. The van der Waals surface area contributed by atoms with Crippen molar-refractivity contribution in [1.82, 2.24) is 14.9 Å². The number of rotatable bonds is 4. The SMILES string of the molecule is Cc1ccc(Nc2cc3nc4ccccc4n(-c4ccc(C)cc4)c-3cc2=NC2CCNCC2)cc1. The zero-order chi connectivity index (χ0) is 24.5. The van der Waals surface area contributed by atoms with Gasteiger partial charge >= 0.3 is 0 Å². The third-order valence-electron chi connectivity index (χ3n) is 6.95. The molecule has 36 heavy (non-hydrogen) atoms. The van der Waals surface area contributed by atoms with Crippen LogP contribution in [0, 0.1) is 13.8 Å². The van der Waals surface area contributed by atoms with E-state index in [2.05, 4.69) is 108 Å². The number of fused-ring (bicyclic) bond motifs is 2. The summed E-state index contributed by atoms with van der Waals surface area (Å²) in [5.41, 5.74) is 9.69. The molecule has 180 valence electrons. The largest absolute Gasteiger partial charge is 0.354 e. The van der Waals surface area contributed by atoms with Crippen molar-refractivity contribution in [3.8, 4) is 17.1 Å².